The summed E-state index contributed by atoms with van der Waals surface area (Å²) in [5, 5.41) is 23.5. The zero-order chi connectivity index (χ0) is 21.5. The van der Waals surface area contributed by atoms with Gasteiger partial charge in [0.15, 0.2) is 0 Å². The molecule has 4 rings (SSSR count). The van der Waals surface area contributed by atoms with Crippen molar-refractivity contribution in [2.45, 2.75) is 25.8 Å². The van der Waals surface area contributed by atoms with Crippen molar-refractivity contribution in [1.29, 1.82) is 0 Å². The molecular formula is C22H27N7O2. The molecule has 0 unspecified atom stereocenters. The number of hydrogen-bond acceptors (Lipinski definition) is 7. The Bertz CT molecular complexity index is 967. The molecule has 0 N–H and O–H groups in total. The van der Waals surface area contributed by atoms with Crippen LogP contribution in [0.25, 0.3) is 11.4 Å². The van der Waals surface area contributed by atoms with Gasteiger partial charge >= 0.3 is 0 Å². The fraction of sp³-hybridized carbons (Fsp3) is 0.409. The number of non-ortho nitro benzene ring substituents is 1. The molecule has 0 bridgehead atoms. The zero-order valence-electron chi connectivity index (χ0n) is 17.5. The van der Waals surface area contributed by atoms with Crippen LogP contribution in [0.15, 0.2) is 54.6 Å². The molecule has 0 saturated carbocycles. The average Bonchev–Trinajstić information content (AvgIpc) is 3.29. The van der Waals surface area contributed by atoms with E-state index >= 15 is 0 Å². The van der Waals surface area contributed by atoms with Gasteiger partial charge in [0.1, 0.15) is 0 Å². The maximum absolute atomic E-state index is 10.8. The highest BCUT2D eigenvalue weighted by atomic mass is 16.6. The molecule has 1 aliphatic rings. The van der Waals surface area contributed by atoms with E-state index in [1.807, 2.05) is 42.5 Å². The molecule has 2 aromatic carbocycles. The number of piperazine rings is 1. The second-order valence-corrected chi connectivity index (χ2v) is 7.74. The molecule has 2 heterocycles. The lowest BCUT2D eigenvalue weighted by Crippen LogP contribution is -2.46. The summed E-state index contributed by atoms with van der Waals surface area (Å²) in [6.45, 7) is 5.80. The minimum Gasteiger partial charge on any atom is -0.369 e. The molecule has 0 aliphatic carbocycles. The van der Waals surface area contributed by atoms with Crippen LogP contribution in [0.5, 0.6) is 0 Å². The second-order valence-electron chi connectivity index (χ2n) is 7.74. The van der Waals surface area contributed by atoms with Gasteiger partial charge in [-0.05, 0) is 36.7 Å². The minimum absolute atomic E-state index is 0.139. The van der Waals surface area contributed by atoms with E-state index in [1.54, 1.807) is 16.9 Å². The maximum atomic E-state index is 10.8. The van der Waals surface area contributed by atoms with Crippen molar-refractivity contribution >= 4 is 11.4 Å². The van der Waals surface area contributed by atoms with Crippen LogP contribution in [0.2, 0.25) is 0 Å². The van der Waals surface area contributed by atoms with Gasteiger partial charge in [-0.3, -0.25) is 15.0 Å². The molecule has 0 spiro atoms. The van der Waals surface area contributed by atoms with Crippen LogP contribution in [0.3, 0.4) is 0 Å². The first kappa shape index (κ1) is 20.9. The Morgan fingerprint density at radius 2 is 1.58 bits per heavy atom. The predicted molar refractivity (Wildman–Crippen MR) is 119 cm³/mol. The van der Waals surface area contributed by atoms with E-state index in [0.717, 1.165) is 69.8 Å². The lowest BCUT2D eigenvalue weighted by molar-refractivity contribution is -0.384. The Morgan fingerprint density at radius 1 is 0.871 bits per heavy atom. The lowest BCUT2D eigenvalue weighted by Gasteiger charge is -2.36. The van der Waals surface area contributed by atoms with Crippen molar-refractivity contribution in [3.05, 3.63) is 64.7 Å². The number of unbranched alkanes of at least 4 members (excludes halogenated alkanes) is 2. The number of nitro groups is 1. The molecule has 1 aliphatic heterocycles. The number of nitrogens with zero attached hydrogens (tertiary/aromatic N) is 7. The third-order valence-electron chi connectivity index (χ3n) is 5.62. The molecule has 1 aromatic heterocycles. The smallest absolute Gasteiger partial charge is 0.269 e. The topological polar surface area (TPSA) is 93.2 Å². The first-order chi connectivity index (χ1) is 15.2. The highest BCUT2D eigenvalue weighted by molar-refractivity contribution is 5.53. The Labute approximate surface area is 181 Å². The quantitative estimate of drug-likeness (QED) is 0.297. The van der Waals surface area contributed by atoms with Crippen LogP contribution < -0.4 is 4.90 Å². The number of nitro benzene ring substituents is 1. The number of aryl methyl sites for hydroxylation is 1. The van der Waals surface area contributed by atoms with Gasteiger partial charge in [-0.25, -0.2) is 0 Å². The fourth-order valence-electron chi connectivity index (χ4n) is 3.82. The first-order valence-corrected chi connectivity index (χ1v) is 10.7. The van der Waals surface area contributed by atoms with Crippen LogP contribution in [-0.2, 0) is 6.54 Å². The Morgan fingerprint density at radius 3 is 2.29 bits per heavy atom. The Kier molecular flexibility index (Phi) is 6.83. The largest absolute Gasteiger partial charge is 0.369 e. The van der Waals surface area contributed by atoms with Crippen molar-refractivity contribution in [2.24, 2.45) is 0 Å². The molecule has 3 aromatic rings. The molecule has 1 fully saturated rings. The van der Waals surface area contributed by atoms with E-state index in [9.17, 15) is 10.1 Å². The summed E-state index contributed by atoms with van der Waals surface area (Å²) in [6.07, 6.45) is 3.32. The van der Waals surface area contributed by atoms with E-state index in [4.69, 9.17) is 0 Å². The summed E-state index contributed by atoms with van der Waals surface area (Å²) in [7, 11) is 0. The minimum atomic E-state index is -0.358. The van der Waals surface area contributed by atoms with Gasteiger partial charge in [0.2, 0.25) is 5.82 Å². The van der Waals surface area contributed by atoms with Gasteiger partial charge in [0.25, 0.3) is 5.69 Å². The summed E-state index contributed by atoms with van der Waals surface area (Å²) in [6, 6.07) is 16.7. The number of hydrogen-bond donors (Lipinski definition) is 0. The molecule has 0 atom stereocenters. The number of rotatable bonds is 9. The highest BCUT2D eigenvalue weighted by Gasteiger charge is 2.17. The van der Waals surface area contributed by atoms with Crippen molar-refractivity contribution in [2.75, 3.05) is 37.6 Å². The molecular weight excluding hydrogens is 394 g/mol. The number of anilines is 1. The van der Waals surface area contributed by atoms with Crippen LogP contribution in [-0.4, -0.2) is 62.8 Å². The van der Waals surface area contributed by atoms with Crippen molar-refractivity contribution in [3.63, 3.8) is 0 Å². The van der Waals surface area contributed by atoms with E-state index in [2.05, 4.69) is 25.2 Å². The van der Waals surface area contributed by atoms with Crippen LogP contribution in [0, 0.1) is 10.1 Å². The van der Waals surface area contributed by atoms with E-state index in [0.29, 0.717) is 5.82 Å². The Balaban J connectivity index is 1.13. The van der Waals surface area contributed by atoms with Crippen molar-refractivity contribution < 1.29 is 4.92 Å². The van der Waals surface area contributed by atoms with Crippen molar-refractivity contribution in [1.82, 2.24) is 25.1 Å². The molecule has 0 radical (unpaired) electrons. The summed E-state index contributed by atoms with van der Waals surface area (Å²) in [5.41, 5.74) is 2.18. The van der Waals surface area contributed by atoms with Gasteiger partial charge in [0, 0.05) is 49.6 Å². The summed E-state index contributed by atoms with van der Waals surface area (Å²) in [4.78, 5) is 16.9. The van der Waals surface area contributed by atoms with Crippen LogP contribution >= 0.6 is 0 Å². The van der Waals surface area contributed by atoms with E-state index in [-0.39, 0.29) is 10.6 Å². The van der Waals surface area contributed by atoms with E-state index in [1.165, 1.54) is 0 Å². The monoisotopic (exact) mass is 421 g/mol. The van der Waals surface area contributed by atoms with Gasteiger partial charge in [-0.1, -0.05) is 36.8 Å². The van der Waals surface area contributed by atoms with E-state index < -0.39 is 0 Å². The molecule has 9 heteroatoms. The average molecular weight is 422 g/mol. The molecule has 1 saturated heterocycles. The third-order valence-corrected chi connectivity index (χ3v) is 5.62. The molecule has 162 valence electrons. The normalized spacial score (nSPS) is 14.6. The van der Waals surface area contributed by atoms with Crippen molar-refractivity contribution in [3.8, 4) is 11.4 Å². The third kappa shape index (κ3) is 5.64. The molecule has 0 amide bonds. The standard InChI is InChI=1S/C22H27N7O2/c30-29(31)21-11-9-20(10-12-21)27-17-15-26(16-18-27)13-5-2-6-14-28-24-22(23-25-28)19-7-3-1-4-8-19/h1,3-4,7-12H,2,5-6,13-18H2. The fourth-order valence-corrected chi connectivity index (χ4v) is 3.82. The predicted octanol–water partition coefficient (Wildman–Crippen LogP) is 3.24. The Hall–Kier alpha value is -3.33. The summed E-state index contributed by atoms with van der Waals surface area (Å²) in [5.74, 6) is 0.673. The van der Waals surface area contributed by atoms with Gasteiger partial charge in [-0.15, -0.1) is 10.2 Å². The van der Waals surface area contributed by atoms with Gasteiger partial charge in [-0.2, -0.15) is 4.80 Å². The van der Waals surface area contributed by atoms with Crippen LogP contribution in [0.1, 0.15) is 19.3 Å². The summed E-state index contributed by atoms with van der Waals surface area (Å²) >= 11 is 0. The zero-order valence-corrected chi connectivity index (χ0v) is 17.5. The van der Waals surface area contributed by atoms with Gasteiger partial charge in [0.05, 0.1) is 11.5 Å². The van der Waals surface area contributed by atoms with Gasteiger partial charge < -0.3 is 4.90 Å². The highest BCUT2D eigenvalue weighted by Crippen LogP contribution is 2.20. The van der Waals surface area contributed by atoms with Crippen LogP contribution in [0.4, 0.5) is 11.4 Å². The first-order valence-electron chi connectivity index (χ1n) is 10.7. The number of aromatic nitrogens is 4. The second kappa shape index (κ2) is 10.1. The lowest BCUT2D eigenvalue weighted by atomic mass is 10.2. The molecule has 31 heavy (non-hydrogen) atoms. The SMILES string of the molecule is O=[N+]([O-])c1ccc(N2CCN(CCCCCn3nnc(-c4ccccc4)n3)CC2)cc1. The number of tetrazole rings is 1. The molecule has 9 nitrogen and oxygen atoms in total. The summed E-state index contributed by atoms with van der Waals surface area (Å²) < 4.78 is 0. The number of benzene rings is 2. The maximum Gasteiger partial charge on any atom is 0.269 e.